The van der Waals surface area contributed by atoms with Crippen LogP contribution in [0.15, 0.2) is 53.4 Å². The minimum atomic E-state index is -3.51. The number of nitrogens with one attached hydrogen (secondary N) is 1. The molecule has 1 heterocycles. The summed E-state index contributed by atoms with van der Waals surface area (Å²) in [7, 11) is -0.590. The highest BCUT2D eigenvalue weighted by Crippen LogP contribution is 2.18. The van der Waals surface area contributed by atoms with Gasteiger partial charge < -0.3 is 5.32 Å². The zero-order valence-electron chi connectivity index (χ0n) is 15.7. The van der Waals surface area contributed by atoms with Gasteiger partial charge in [-0.15, -0.1) is 10.2 Å². The molecule has 1 aromatic heterocycles. The standard InChI is InChI=1S/C18H20N6O3S/c1-13-6-4-5-7-16(13)18-20-22-24(21-18)12-17(25)19-14-8-10-15(11-9-14)28(26,27)23(2)3/h4-11H,12H2,1-3H3,(H,19,25). The van der Waals surface area contributed by atoms with Crippen molar-refractivity contribution >= 4 is 21.6 Å². The van der Waals surface area contributed by atoms with Gasteiger partial charge >= 0.3 is 0 Å². The van der Waals surface area contributed by atoms with Crippen LogP contribution in [0.1, 0.15) is 5.56 Å². The molecule has 1 N–H and O–H groups in total. The smallest absolute Gasteiger partial charge is 0.248 e. The largest absolute Gasteiger partial charge is 0.324 e. The molecule has 9 nitrogen and oxygen atoms in total. The zero-order valence-corrected chi connectivity index (χ0v) is 16.5. The molecule has 3 aromatic rings. The first-order valence-electron chi connectivity index (χ1n) is 8.43. The van der Waals surface area contributed by atoms with Gasteiger partial charge in [0.2, 0.25) is 21.8 Å². The molecule has 10 heteroatoms. The number of carbonyl (C=O) groups is 1. The molecule has 146 valence electrons. The average molecular weight is 400 g/mol. The van der Waals surface area contributed by atoms with Crippen molar-refractivity contribution < 1.29 is 13.2 Å². The van der Waals surface area contributed by atoms with Crippen LogP contribution in [0, 0.1) is 6.92 Å². The zero-order chi connectivity index (χ0) is 20.3. The van der Waals surface area contributed by atoms with Crippen molar-refractivity contribution in [2.24, 2.45) is 0 Å². The fourth-order valence-electron chi connectivity index (χ4n) is 2.49. The second-order valence-corrected chi connectivity index (χ2v) is 8.47. The molecule has 2 aromatic carbocycles. The Balaban J connectivity index is 1.66. The topological polar surface area (TPSA) is 110 Å². The van der Waals surface area contributed by atoms with Crippen LogP contribution in [0.3, 0.4) is 0 Å². The van der Waals surface area contributed by atoms with Gasteiger partial charge in [0.1, 0.15) is 6.54 Å². The Kier molecular flexibility index (Phi) is 5.52. The van der Waals surface area contributed by atoms with Gasteiger partial charge in [0.15, 0.2) is 0 Å². The van der Waals surface area contributed by atoms with E-state index in [1.54, 1.807) is 0 Å². The van der Waals surface area contributed by atoms with Crippen molar-refractivity contribution in [1.29, 1.82) is 0 Å². The number of nitrogens with zero attached hydrogens (tertiary/aromatic N) is 5. The van der Waals surface area contributed by atoms with Gasteiger partial charge in [-0.25, -0.2) is 12.7 Å². The van der Waals surface area contributed by atoms with E-state index in [4.69, 9.17) is 0 Å². The molecule has 0 fully saturated rings. The normalized spacial score (nSPS) is 11.6. The van der Waals surface area contributed by atoms with Gasteiger partial charge in [0.05, 0.1) is 4.90 Å². The fraction of sp³-hybridized carbons (Fsp3) is 0.222. The number of anilines is 1. The number of tetrazole rings is 1. The van der Waals surface area contributed by atoms with Crippen LogP contribution < -0.4 is 5.32 Å². The van der Waals surface area contributed by atoms with Crippen LogP contribution in [0.25, 0.3) is 11.4 Å². The summed E-state index contributed by atoms with van der Waals surface area (Å²) in [6.45, 7) is 1.83. The number of aryl methyl sites for hydroxylation is 1. The highest BCUT2D eigenvalue weighted by Gasteiger charge is 2.17. The van der Waals surface area contributed by atoms with Gasteiger partial charge in [-0.1, -0.05) is 24.3 Å². The minimum absolute atomic E-state index is 0.114. The van der Waals surface area contributed by atoms with E-state index in [9.17, 15) is 13.2 Å². The number of aromatic nitrogens is 4. The predicted octanol–water partition coefficient (Wildman–Crippen LogP) is 1.54. The van der Waals surface area contributed by atoms with Gasteiger partial charge in [-0.3, -0.25) is 4.79 Å². The number of benzene rings is 2. The second-order valence-electron chi connectivity index (χ2n) is 6.32. The van der Waals surface area contributed by atoms with E-state index in [0.29, 0.717) is 11.5 Å². The Labute approximate surface area is 163 Å². The van der Waals surface area contributed by atoms with Crippen LogP contribution >= 0.6 is 0 Å². The summed E-state index contributed by atoms with van der Waals surface area (Å²) in [6, 6.07) is 13.6. The molecule has 3 rings (SSSR count). The van der Waals surface area contributed by atoms with E-state index < -0.39 is 10.0 Å². The SMILES string of the molecule is Cc1ccccc1-c1nnn(CC(=O)Nc2ccc(S(=O)(=O)N(C)C)cc2)n1. The highest BCUT2D eigenvalue weighted by molar-refractivity contribution is 7.89. The van der Waals surface area contributed by atoms with Crippen LogP contribution in [0.5, 0.6) is 0 Å². The number of amides is 1. The summed E-state index contributed by atoms with van der Waals surface area (Å²) in [6.07, 6.45) is 0. The summed E-state index contributed by atoms with van der Waals surface area (Å²) in [5, 5.41) is 14.8. The Morgan fingerprint density at radius 3 is 2.43 bits per heavy atom. The molecule has 28 heavy (non-hydrogen) atoms. The van der Waals surface area contributed by atoms with Crippen molar-refractivity contribution in [3.05, 3.63) is 54.1 Å². The lowest BCUT2D eigenvalue weighted by Gasteiger charge is -2.11. The first-order chi connectivity index (χ1) is 13.3. The maximum atomic E-state index is 12.2. The number of hydrogen-bond acceptors (Lipinski definition) is 6. The summed E-state index contributed by atoms with van der Waals surface area (Å²) in [4.78, 5) is 13.6. The maximum absolute atomic E-state index is 12.2. The van der Waals surface area contributed by atoms with Crippen molar-refractivity contribution in [1.82, 2.24) is 24.5 Å². The number of sulfonamides is 1. The predicted molar refractivity (Wildman–Crippen MR) is 104 cm³/mol. The van der Waals surface area contributed by atoms with Crippen LogP contribution in [0.4, 0.5) is 5.69 Å². The first kappa shape index (κ1) is 19.6. The Morgan fingerprint density at radius 2 is 1.79 bits per heavy atom. The van der Waals surface area contributed by atoms with E-state index >= 15 is 0 Å². The third-order valence-electron chi connectivity index (χ3n) is 4.04. The fourth-order valence-corrected chi connectivity index (χ4v) is 3.39. The van der Waals surface area contributed by atoms with E-state index in [0.717, 1.165) is 15.4 Å². The third-order valence-corrected chi connectivity index (χ3v) is 5.87. The van der Waals surface area contributed by atoms with E-state index in [1.807, 2.05) is 31.2 Å². The van der Waals surface area contributed by atoms with Gasteiger partial charge in [-0.05, 0) is 42.0 Å². The third kappa shape index (κ3) is 4.24. The molecule has 0 unspecified atom stereocenters. The second kappa shape index (κ2) is 7.87. The quantitative estimate of drug-likeness (QED) is 0.672. The molecule has 0 saturated carbocycles. The lowest BCUT2D eigenvalue weighted by atomic mass is 10.1. The molecule has 0 aliphatic carbocycles. The van der Waals surface area contributed by atoms with Crippen LogP contribution in [0.2, 0.25) is 0 Å². The number of rotatable bonds is 6. The van der Waals surface area contributed by atoms with E-state index in [-0.39, 0.29) is 17.3 Å². The molecule has 0 aliphatic heterocycles. The Morgan fingerprint density at radius 1 is 1.11 bits per heavy atom. The van der Waals surface area contributed by atoms with E-state index in [2.05, 4.69) is 20.7 Å². The molecule has 1 amide bonds. The summed E-state index contributed by atoms with van der Waals surface area (Å²) >= 11 is 0. The molecule has 0 atom stereocenters. The molecular formula is C18H20N6O3S. The maximum Gasteiger partial charge on any atom is 0.248 e. The lowest BCUT2D eigenvalue weighted by molar-refractivity contribution is -0.117. The summed E-state index contributed by atoms with van der Waals surface area (Å²) in [5.74, 6) is 0.0982. The molecule has 0 bridgehead atoms. The molecule has 0 spiro atoms. The average Bonchev–Trinajstić information content (AvgIpc) is 3.10. The first-order valence-corrected chi connectivity index (χ1v) is 9.87. The van der Waals surface area contributed by atoms with Crippen molar-refractivity contribution in [2.75, 3.05) is 19.4 Å². The minimum Gasteiger partial charge on any atom is -0.324 e. The number of carbonyl (C=O) groups excluding carboxylic acids is 1. The van der Waals surface area contributed by atoms with Gasteiger partial charge in [-0.2, -0.15) is 4.80 Å². The Hall–Kier alpha value is -3.11. The molecule has 0 saturated heterocycles. The van der Waals surface area contributed by atoms with Crippen LogP contribution in [-0.2, 0) is 21.4 Å². The van der Waals surface area contributed by atoms with Crippen molar-refractivity contribution in [2.45, 2.75) is 18.4 Å². The highest BCUT2D eigenvalue weighted by atomic mass is 32.2. The summed E-state index contributed by atoms with van der Waals surface area (Å²) in [5.41, 5.74) is 2.34. The molecule has 0 aliphatic rings. The van der Waals surface area contributed by atoms with E-state index in [1.165, 1.54) is 43.2 Å². The Bertz CT molecular complexity index is 1090. The number of hydrogen-bond donors (Lipinski definition) is 1. The lowest BCUT2D eigenvalue weighted by Crippen LogP contribution is -2.22. The monoisotopic (exact) mass is 400 g/mol. The van der Waals surface area contributed by atoms with Crippen molar-refractivity contribution in [3.8, 4) is 11.4 Å². The molecule has 0 radical (unpaired) electrons. The van der Waals surface area contributed by atoms with Crippen LogP contribution in [-0.4, -0.2) is 52.9 Å². The summed E-state index contributed by atoms with van der Waals surface area (Å²) < 4.78 is 25.3. The van der Waals surface area contributed by atoms with Gasteiger partial charge in [0, 0.05) is 25.3 Å². The van der Waals surface area contributed by atoms with Gasteiger partial charge in [0.25, 0.3) is 0 Å². The molecular weight excluding hydrogens is 380 g/mol. The van der Waals surface area contributed by atoms with Crippen molar-refractivity contribution in [3.63, 3.8) is 0 Å².